The van der Waals surface area contributed by atoms with Crippen molar-refractivity contribution in [2.24, 2.45) is 0 Å². The van der Waals surface area contributed by atoms with Crippen LogP contribution in [0, 0.1) is 13.8 Å². The minimum Gasteiger partial charge on any atom is -0.292 e. The standard InChI is InChI=1S/C21H18Cl2N2O2/c1-14-3-4-15(2)25(14)24(21(27)17-7-11-19(23)12-8-17)13-20(26)16-5-9-18(22)10-6-16/h3-12H,13H2,1-2H3. The summed E-state index contributed by atoms with van der Waals surface area (Å²) in [5, 5.41) is 2.55. The highest BCUT2D eigenvalue weighted by atomic mass is 35.5. The molecule has 0 fully saturated rings. The zero-order valence-electron chi connectivity index (χ0n) is 14.9. The zero-order chi connectivity index (χ0) is 19.6. The number of aromatic nitrogens is 1. The smallest absolute Gasteiger partial charge is 0.273 e. The highest BCUT2D eigenvalue weighted by Gasteiger charge is 2.23. The van der Waals surface area contributed by atoms with Gasteiger partial charge in [-0.1, -0.05) is 23.2 Å². The molecule has 27 heavy (non-hydrogen) atoms. The molecule has 4 nitrogen and oxygen atoms in total. The first kappa shape index (κ1) is 19.2. The SMILES string of the molecule is Cc1ccc(C)n1N(CC(=O)c1ccc(Cl)cc1)C(=O)c1ccc(Cl)cc1. The second kappa shape index (κ2) is 7.99. The molecule has 1 amide bonds. The average Bonchev–Trinajstić information content (AvgIpc) is 2.98. The molecule has 0 N–H and O–H groups in total. The van der Waals surface area contributed by atoms with Gasteiger partial charge in [-0.25, -0.2) is 5.01 Å². The van der Waals surface area contributed by atoms with Gasteiger partial charge in [0.05, 0.1) is 0 Å². The number of benzene rings is 2. The average molecular weight is 401 g/mol. The van der Waals surface area contributed by atoms with E-state index >= 15 is 0 Å². The molecule has 3 aromatic rings. The van der Waals surface area contributed by atoms with Crippen molar-refractivity contribution in [3.05, 3.63) is 93.2 Å². The van der Waals surface area contributed by atoms with Gasteiger partial charge in [-0.05, 0) is 74.5 Å². The summed E-state index contributed by atoms with van der Waals surface area (Å²) in [5.41, 5.74) is 2.67. The van der Waals surface area contributed by atoms with Gasteiger partial charge in [0.25, 0.3) is 5.91 Å². The fourth-order valence-electron chi connectivity index (χ4n) is 2.88. The van der Waals surface area contributed by atoms with E-state index in [1.165, 1.54) is 5.01 Å². The van der Waals surface area contributed by atoms with Gasteiger partial charge in [0.15, 0.2) is 5.78 Å². The second-order valence-corrected chi connectivity index (χ2v) is 7.10. The topological polar surface area (TPSA) is 42.3 Å². The van der Waals surface area contributed by atoms with E-state index < -0.39 is 0 Å². The van der Waals surface area contributed by atoms with E-state index in [0.29, 0.717) is 21.2 Å². The number of halogens is 2. The molecule has 0 bridgehead atoms. The molecule has 0 saturated carbocycles. The van der Waals surface area contributed by atoms with Crippen LogP contribution in [0.4, 0.5) is 0 Å². The number of Topliss-reactive ketones (excluding diaryl/α,β-unsaturated/α-hetero) is 1. The Morgan fingerprint density at radius 3 is 1.70 bits per heavy atom. The molecule has 0 spiro atoms. The van der Waals surface area contributed by atoms with E-state index in [1.54, 1.807) is 53.2 Å². The van der Waals surface area contributed by atoms with Crippen LogP contribution in [0.3, 0.4) is 0 Å². The number of hydrogen-bond donors (Lipinski definition) is 0. The summed E-state index contributed by atoms with van der Waals surface area (Å²) < 4.78 is 1.75. The molecular weight excluding hydrogens is 383 g/mol. The van der Waals surface area contributed by atoms with Crippen molar-refractivity contribution in [3.8, 4) is 0 Å². The minimum atomic E-state index is -0.281. The number of ketones is 1. The highest BCUT2D eigenvalue weighted by molar-refractivity contribution is 6.31. The maximum atomic E-state index is 13.2. The molecule has 0 atom stereocenters. The van der Waals surface area contributed by atoms with Gasteiger partial charge >= 0.3 is 0 Å². The van der Waals surface area contributed by atoms with Gasteiger partial charge in [0.2, 0.25) is 0 Å². The Bertz CT molecular complexity index is 957. The molecule has 0 radical (unpaired) electrons. The normalized spacial score (nSPS) is 10.7. The first-order chi connectivity index (χ1) is 12.9. The molecule has 6 heteroatoms. The van der Waals surface area contributed by atoms with Crippen LogP contribution in [0.5, 0.6) is 0 Å². The van der Waals surface area contributed by atoms with Crippen LogP contribution in [0.1, 0.15) is 32.1 Å². The van der Waals surface area contributed by atoms with E-state index in [0.717, 1.165) is 11.4 Å². The third-order valence-electron chi connectivity index (χ3n) is 4.26. The summed E-state index contributed by atoms with van der Waals surface area (Å²) in [5.74, 6) is -0.460. The van der Waals surface area contributed by atoms with E-state index in [1.807, 2.05) is 26.0 Å². The number of hydrogen-bond acceptors (Lipinski definition) is 2. The lowest BCUT2D eigenvalue weighted by atomic mass is 10.1. The van der Waals surface area contributed by atoms with E-state index in [9.17, 15) is 9.59 Å². The Labute approximate surface area is 167 Å². The molecular formula is C21H18Cl2N2O2. The largest absolute Gasteiger partial charge is 0.292 e. The van der Waals surface area contributed by atoms with E-state index in [4.69, 9.17) is 23.2 Å². The molecule has 3 rings (SSSR count). The molecule has 138 valence electrons. The number of nitrogens with zero attached hydrogens (tertiary/aromatic N) is 2. The molecule has 0 aliphatic carbocycles. The molecule has 1 aromatic heterocycles. The van der Waals surface area contributed by atoms with Crippen molar-refractivity contribution >= 4 is 34.9 Å². The van der Waals surface area contributed by atoms with Gasteiger partial charge in [0.1, 0.15) is 6.54 Å². The van der Waals surface area contributed by atoms with Crippen molar-refractivity contribution in [2.45, 2.75) is 13.8 Å². The summed E-state index contributed by atoms with van der Waals surface area (Å²) in [4.78, 5) is 26.0. The molecule has 0 aliphatic heterocycles. The van der Waals surface area contributed by atoms with Crippen LogP contribution in [0.25, 0.3) is 0 Å². The Balaban J connectivity index is 1.97. The molecule has 0 saturated heterocycles. The summed E-state index contributed by atoms with van der Waals surface area (Å²) in [6.45, 7) is 3.68. The lowest BCUT2D eigenvalue weighted by molar-refractivity contribution is 0.0908. The number of carbonyl (C=O) groups excluding carboxylic acids is 2. The summed E-state index contributed by atoms with van der Waals surface area (Å²) >= 11 is 11.8. The van der Waals surface area contributed by atoms with Crippen molar-refractivity contribution in [1.82, 2.24) is 4.68 Å². The number of rotatable bonds is 5. The quantitative estimate of drug-likeness (QED) is 0.560. The van der Waals surface area contributed by atoms with Crippen molar-refractivity contribution in [3.63, 3.8) is 0 Å². The monoisotopic (exact) mass is 400 g/mol. The number of aryl methyl sites for hydroxylation is 2. The van der Waals surface area contributed by atoms with Crippen LogP contribution < -0.4 is 5.01 Å². The van der Waals surface area contributed by atoms with Gasteiger partial charge in [-0.2, -0.15) is 0 Å². The molecule has 0 unspecified atom stereocenters. The van der Waals surface area contributed by atoms with Crippen LogP contribution in [-0.4, -0.2) is 22.9 Å². The lowest BCUT2D eigenvalue weighted by Gasteiger charge is -2.26. The van der Waals surface area contributed by atoms with E-state index in [-0.39, 0.29) is 18.2 Å². The third kappa shape index (κ3) is 4.24. The summed E-state index contributed by atoms with van der Waals surface area (Å²) in [6, 6.07) is 17.1. The predicted octanol–water partition coefficient (Wildman–Crippen LogP) is 5.07. The van der Waals surface area contributed by atoms with Crippen LogP contribution >= 0.6 is 23.2 Å². The molecule has 0 aliphatic rings. The van der Waals surface area contributed by atoms with Crippen LogP contribution in [-0.2, 0) is 0 Å². The van der Waals surface area contributed by atoms with Crippen LogP contribution in [0.15, 0.2) is 60.7 Å². The zero-order valence-corrected chi connectivity index (χ0v) is 16.5. The second-order valence-electron chi connectivity index (χ2n) is 6.23. The summed E-state index contributed by atoms with van der Waals surface area (Å²) in [6.07, 6.45) is 0. The first-order valence-corrected chi connectivity index (χ1v) is 9.14. The van der Waals surface area contributed by atoms with Gasteiger partial charge in [-0.15, -0.1) is 0 Å². The van der Waals surface area contributed by atoms with Crippen LogP contribution in [0.2, 0.25) is 10.0 Å². The van der Waals surface area contributed by atoms with Crippen molar-refractivity contribution in [2.75, 3.05) is 11.6 Å². The predicted molar refractivity (Wildman–Crippen MR) is 109 cm³/mol. The third-order valence-corrected chi connectivity index (χ3v) is 4.76. The van der Waals surface area contributed by atoms with Gasteiger partial charge < -0.3 is 0 Å². The number of carbonyl (C=O) groups is 2. The fraction of sp³-hybridized carbons (Fsp3) is 0.143. The Morgan fingerprint density at radius 2 is 1.22 bits per heavy atom. The summed E-state index contributed by atoms with van der Waals surface area (Å²) in [7, 11) is 0. The Kier molecular flexibility index (Phi) is 5.68. The molecule has 2 aromatic carbocycles. The number of amides is 1. The lowest BCUT2D eigenvalue weighted by Crippen LogP contribution is -2.45. The van der Waals surface area contributed by atoms with Crippen molar-refractivity contribution in [1.29, 1.82) is 0 Å². The van der Waals surface area contributed by atoms with Gasteiger partial charge in [-0.3, -0.25) is 14.3 Å². The minimum absolute atomic E-state index is 0.0978. The van der Waals surface area contributed by atoms with Crippen molar-refractivity contribution < 1.29 is 9.59 Å². The Hall–Kier alpha value is -2.56. The Morgan fingerprint density at radius 1 is 0.778 bits per heavy atom. The maximum Gasteiger partial charge on any atom is 0.273 e. The first-order valence-electron chi connectivity index (χ1n) is 8.38. The molecule has 1 heterocycles. The highest BCUT2D eigenvalue weighted by Crippen LogP contribution is 2.16. The fourth-order valence-corrected chi connectivity index (χ4v) is 3.13. The van der Waals surface area contributed by atoms with Gasteiger partial charge in [0, 0.05) is 32.6 Å². The van der Waals surface area contributed by atoms with E-state index in [2.05, 4.69) is 0 Å². The maximum absolute atomic E-state index is 13.2.